The fourth-order valence-corrected chi connectivity index (χ4v) is 3.73. The van der Waals surface area contributed by atoms with Crippen LogP contribution in [0.4, 0.5) is 5.82 Å². The summed E-state index contributed by atoms with van der Waals surface area (Å²) in [6.45, 7) is 5.30. The summed E-state index contributed by atoms with van der Waals surface area (Å²) >= 11 is 7.79. The largest absolute Gasteiger partial charge is 0.626 e. The molecule has 0 radical (unpaired) electrons. The minimum absolute atomic E-state index is 0.244. The second kappa shape index (κ2) is 6.77. The highest BCUT2D eigenvalue weighted by Gasteiger charge is 2.27. The van der Waals surface area contributed by atoms with Crippen LogP contribution in [0.15, 0.2) is 30.3 Å². The number of hydroxylamine groups is 2. The summed E-state index contributed by atoms with van der Waals surface area (Å²) < 4.78 is -0.351. The third kappa shape index (κ3) is 3.69. The third-order valence-electron chi connectivity index (χ3n) is 4.04. The van der Waals surface area contributed by atoms with E-state index < -0.39 is 0 Å². The number of hydrogen-bond donors (Lipinski definition) is 0. The predicted molar refractivity (Wildman–Crippen MR) is 98.8 cm³/mol. The lowest BCUT2D eigenvalue weighted by Crippen LogP contribution is -2.50. The third-order valence-corrected chi connectivity index (χ3v) is 5.23. The molecule has 23 heavy (non-hydrogen) atoms. The topological polar surface area (TPSA) is 48.8 Å². The van der Waals surface area contributed by atoms with Gasteiger partial charge in [-0.25, -0.2) is 4.98 Å². The number of hydrogen-bond acceptors (Lipinski definition) is 4. The van der Waals surface area contributed by atoms with E-state index in [1.807, 2.05) is 42.1 Å². The molecule has 0 N–H and O–H groups in total. The number of nitrogens with zero attached hydrogens (tertiary/aromatic N) is 3. The molecule has 0 amide bonds. The van der Waals surface area contributed by atoms with Crippen LogP contribution in [-0.4, -0.2) is 34.6 Å². The van der Waals surface area contributed by atoms with Crippen molar-refractivity contribution >= 4 is 29.2 Å². The van der Waals surface area contributed by atoms with Gasteiger partial charge < -0.3 is 9.85 Å². The molecule has 6 heteroatoms. The van der Waals surface area contributed by atoms with Crippen LogP contribution in [-0.2, 0) is 0 Å². The molecule has 1 aromatic carbocycles. The Morgan fingerprint density at radius 3 is 2.39 bits per heavy atom. The van der Waals surface area contributed by atoms with Crippen molar-refractivity contribution in [3.63, 3.8) is 0 Å². The molecule has 3 rings (SSSR count). The Hall–Kier alpha value is -1.14. The highest BCUT2D eigenvalue weighted by molar-refractivity contribution is 7.99. The smallest absolute Gasteiger partial charge is 0.231 e. The average molecular weight is 350 g/mol. The zero-order valence-corrected chi connectivity index (χ0v) is 14.9. The van der Waals surface area contributed by atoms with Gasteiger partial charge in [-0.2, -0.15) is 16.7 Å². The highest BCUT2D eigenvalue weighted by Crippen LogP contribution is 2.30. The Bertz CT molecular complexity index is 685. The molecule has 1 saturated heterocycles. The van der Waals surface area contributed by atoms with E-state index in [0.29, 0.717) is 29.8 Å². The number of halogens is 1. The molecule has 0 bridgehead atoms. The molecule has 0 spiro atoms. The summed E-state index contributed by atoms with van der Waals surface area (Å²) in [5, 5.41) is 13.8. The van der Waals surface area contributed by atoms with E-state index in [1.54, 1.807) is 0 Å². The maximum Gasteiger partial charge on any atom is 0.231 e. The molecule has 2 heterocycles. The maximum atomic E-state index is 13.1. The summed E-state index contributed by atoms with van der Waals surface area (Å²) in [7, 11) is 0. The molecule has 1 aromatic heterocycles. The fourth-order valence-electron chi connectivity index (χ4n) is 2.55. The summed E-state index contributed by atoms with van der Waals surface area (Å²) in [6, 6.07) is 9.31. The Balaban J connectivity index is 2.07. The van der Waals surface area contributed by atoms with Crippen molar-refractivity contribution in [3.8, 4) is 11.4 Å². The number of aromatic nitrogens is 2. The number of rotatable bonds is 3. The van der Waals surface area contributed by atoms with Crippen LogP contribution in [0.5, 0.6) is 0 Å². The first-order chi connectivity index (χ1) is 11.0. The number of thioether (sulfide) groups is 1. The van der Waals surface area contributed by atoms with Crippen LogP contribution >= 0.6 is 23.4 Å². The Morgan fingerprint density at radius 1 is 1.13 bits per heavy atom. The van der Waals surface area contributed by atoms with Crippen molar-refractivity contribution in [1.29, 1.82) is 0 Å². The number of quaternary nitrogens is 1. The van der Waals surface area contributed by atoms with Gasteiger partial charge in [0.05, 0.1) is 18.8 Å². The van der Waals surface area contributed by atoms with Crippen LogP contribution in [0.25, 0.3) is 11.4 Å². The van der Waals surface area contributed by atoms with E-state index in [2.05, 4.69) is 23.8 Å². The van der Waals surface area contributed by atoms with Crippen molar-refractivity contribution in [3.05, 3.63) is 46.3 Å². The fraction of sp³-hybridized carbons (Fsp3) is 0.412. The van der Waals surface area contributed by atoms with E-state index in [1.165, 1.54) is 0 Å². The lowest BCUT2D eigenvalue weighted by Gasteiger charge is -2.43. The SMILES string of the molecule is CC(C)c1cc([N+]2([O-])CCSCC2)nc(-c2ccc(Cl)cc2)n1. The minimum atomic E-state index is -0.351. The summed E-state index contributed by atoms with van der Waals surface area (Å²) in [5.74, 6) is 3.18. The number of benzene rings is 1. The second-order valence-corrected chi connectivity index (χ2v) is 7.75. The molecule has 1 aliphatic rings. The molecule has 4 nitrogen and oxygen atoms in total. The molecule has 0 aliphatic carbocycles. The molecule has 0 saturated carbocycles. The van der Waals surface area contributed by atoms with Gasteiger partial charge in [-0.15, -0.1) is 0 Å². The van der Waals surface area contributed by atoms with Crippen molar-refractivity contribution in [2.45, 2.75) is 19.8 Å². The van der Waals surface area contributed by atoms with Crippen LogP contribution in [0, 0.1) is 5.21 Å². The molecule has 1 aliphatic heterocycles. The van der Waals surface area contributed by atoms with Gasteiger partial charge in [-0.1, -0.05) is 25.4 Å². The first-order valence-electron chi connectivity index (χ1n) is 7.79. The van der Waals surface area contributed by atoms with Gasteiger partial charge in [0, 0.05) is 28.2 Å². The van der Waals surface area contributed by atoms with Crippen molar-refractivity contribution in [1.82, 2.24) is 14.6 Å². The van der Waals surface area contributed by atoms with E-state index in [9.17, 15) is 5.21 Å². The Kier molecular flexibility index (Phi) is 4.92. The summed E-state index contributed by atoms with van der Waals surface area (Å²) in [4.78, 5) is 9.26. The molecular formula is C17H20ClN3OS. The van der Waals surface area contributed by atoms with Crippen molar-refractivity contribution < 1.29 is 0 Å². The monoisotopic (exact) mass is 349 g/mol. The van der Waals surface area contributed by atoms with Gasteiger partial charge in [-0.05, 0) is 30.2 Å². The lowest BCUT2D eigenvalue weighted by atomic mass is 10.1. The maximum absolute atomic E-state index is 13.1. The average Bonchev–Trinajstić information content (AvgIpc) is 2.56. The van der Waals surface area contributed by atoms with E-state index in [4.69, 9.17) is 11.6 Å². The van der Waals surface area contributed by atoms with Crippen molar-refractivity contribution in [2.24, 2.45) is 0 Å². The van der Waals surface area contributed by atoms with Gasteiger partial charge >= 0.3 is 0 Å². The van der Waals surface area contributed by atoms with Crippen LogP contribution in [0.1, 0.15) is 25.5 Å². The van der Waals surface area contributed by atoms with Crippen LogP contribution in [0.2, 0.25) is 5.02 Å². The Morgan fingerprint density at radius 2 is 1.78 bits per heavy atom. The molecule has 2 aromatic rings. The molecule has 1 fully saturated rings. The standard InChI is InChI=1S/C17H20ClN3OS/c1-12(2)15-11-16(21(22)7-9-23-10-8-21)20-17(19-15)13-3-5-14(18)6-4-13/h3-6,11-12H,7-10H2,1-2H3. The summed E-state index contributed by atoms with van der Waals surface area (Å²) in [5.41, 5.74) is 1.79. The van der Waals surface area contributed by atoms with Gasteiger partial charge in [0.25, 0.3) is 0 Å². The molecule has 122 valence electrons. The minimum Gasteiger partial charge on any atom is -0.626 e. The molecular weight excluding hydrogens is 330 g/mol. The van der Waals surface area contributed by atoms with Crippen LogP contribution < -0.4 is 4.65 Å². The highest BCUT2D eigenvalue weighted by atomic mass is 35.5. The lowest BCUT2D eigenvalue weighted by molar-refractivity contribution is 0.397. The van der Waals surface area contributed by atoms with Crippen LogP contribution in [0.3, 0.4) is 0 Å². The second-order valence-electron chi connectivity index (χ2n) is 6.09. The zero-order valence-electron chi connectivity index (χ0n) is 13.3. The van der Waals surface area contributed by atoms with E-state index >= 15 is 0 Å². The summed E-state index contributed by atoms with van der Waals surface area (Å²) in [6.07, 6.45) is 0. The molecule has 0 unspecified atom stereocenters. The predicted octanol–water partition coefficient (Wildman–Crippen LogP) is 4.47. The van der Waals surface area contributed by atoms with E-state index in [0.717, 1.165) is 22.8 Å². The Labute approximate surface area is 146 Å². The normalized spacial score (nSPS) is 17.4. The quantitative estimate of drug-likeness (QED) is 0.605. The zero-order chi connectivity index (χ0) is 16.4. The van der Waals surface area contributed by atoms with Gasteiger partial charge in [0.1, 0.15) is 0 Å². The first kappa shape index (κ1) is 16.7. The first-order valence-corrected chi connectivity index (χ1v) is 9.32. The van der Waals surface area contributed by atoms with Crippen molar-refractivity contribution in [2.75, 3.05) is 24.6 Å². The van der Waals surface area contributed by atoms with E-state index in [-0.39, 0.29) is 10.6 Å². The van der Waals surface area contributed by atoms with Gasteiger partial charge in [0.2, 0.25) is 5.82 Å². The van der Waals surface area contributed by atoms with Gasteiger partial charge in [-0.3, -0.25) is 0 Å². The molecule has 0 atom stereocenters. The van der Waals surface area contributed by atoms with Gasteiger partial charge in [0.15, 0.2) is 5.82 Å².